The molecule has 0 saturated carbocycles. The maximum atomic E-state index is 12.6. The summed E-state index contributed by atoms with van der Waals surface area (Å²) in [5.41, 5.74) is 2.53. The van der Waals surface area contributed by atoms with E-state index < -0.39 is 0 Å². The monoisotopic (exact) mass is 362 g/mol. The molecule has 1 aliphatic heterocycles. The molecular weight excluding hydrogens is 348 g/mol. The topological polar surface area (TPSA) is 75.2 Å². The number of nitrogens with zero attached hydrogens (tertiary/aromatic N) is 3. The summed E-state index contributed by atoms with van der Waals surface area (Å²) in [7, 11) is 1.74. The minimum atomic E-state index is -0.214. The largest absolute Gasteiger partial charge is 0.322 e. The highest BCUT2D eigenvalue weighted by molar-refractivity contribution is 7.99. The maximum Gasteiger partial charge on any atom is 0.260 e. The Hall–Kier alpha value is -3.19. The minimum Gasteiger partial charge on any atom is -0.322 e. The van der Waals surface area contributed by atoms with Gasteiger partial charge in [0.2, 0.25) is 0 Å². The van der Waals surface area contributed by atoms with E-state index in [2.05, 4.69) is 15.3 Å². The molecule has 0 unspecified atom stereocenters. The predicted molar refractivity (Wildman–Crippen MR) is 99.7 cm³/mol. The van der Waals surface area contributed by atoms with Gasteiger partial charge in [0.15, 0.2) is 0 Å². The summed E-state index contributed by atoms with van der Waals surface area (Å²) in [5.74, 6) is -0.318. The molecule has 0 spiro atoms. The molecule has 0 fully saturated rings. The lowest BCUT2D eigenvalue weighted by molar-refractivity contribution is 0.0987. The molecule has 26 heavy (non-hydrogen) atoms. The van der Waals surface area contributed by atoms with Gasteiger partial charge in [-0.2, -0.15) is 0 Å². The van der Waals surface area contributed by atoms with Gasteiger partial charge in [-0.15, -0.1) is 0 Å². The highest BCUT2D eigenvalue weighted by Gasteiger charge is 2.25. The summed E-state index contributed by atoms with van der Waals surface area (Å²) < 4.78 is 0. The van der Waals surface area contributed by atoms with Crippen LogP contribution >= 0.6 is 11.8 Å². The first kappa shape index (κ1) is 16.3. The second kappa shape index (κ2) is 6.61. The van der Waals surface area contributed by atoms with Crippen molar-refractivity contribution in [1.29, 1.82) is 0 Å². The lowest BCUT2D eigenvalue weighted by Crippen LogP contribution is -2.26. The summed E-state index contributed by atoms with van der Waals surface area (Å²) in [4.78, 5) is 35.7. The van der Waals surface area contributed by atoms with Crippen LogP contribution in [0.5, 0.6) is 0 Å². The van der Waals surface area contributed by atoms with Crippen LogP contribution in [0.1, 0.15) is 20.7 Å². The maximum absolute atomic E-state index is 12.6. The van der Waals surface area contributed by atoms with Crippen LogP contribution < -0.4 is 10.2 Å². The van der Waals surface area contributed by atoms with E-state index in [4.69, 9.17) is 0 Å². The van der Waals surface area contributed by atoms with Crippen molar-refractivity contribution in [1.82, 2.24) is 9.97 Å². The lowest BCUT2D eigenvalue weighted by atomic mass is 10.2. The zero-order chi connectivity index (χ0) is 18.1. The molecule has 128 valence electrons. The van der Waals surface area contributed by atoms with E-state index in [1.54, 1.807) is 60.9 Å². The molecular formula is C19H14N4O2S. The Labute approximate surface area is 154 Å². The number of fused-ring (bicyclic) bond motifs is 2. The van der Waals surface area contributed by atoms with Crippen molar-refractivity contribution in [3.05, 3.63) is 72.2 Å². The first-order valence-electron chi connectivity index (χ1n) is 7.90. The quantitative estimate of drug-likeness (QED) is 0.755. The third-order valence-corrected chi connectivity index (χ3v) is 5.10. The van der Waals surface area contributed by atoms with Crippen LogP contribution in [0.25, 0.3) is 0 Å². The van der Waals surface area contributed by atoms with Gasteiger partial charge >= 0.3 is 0 Å². The van der Waals surface area contributed by atoms with Crippen LogP contribution in [0, 0.1) is 0 Å². The number of carbonyl (C=O) groups excluding carboxylic acids is 2. The highest BCUT2D eigenvalue weighted by Crippen LogP contribution is 2.41. The number of nitrogens with one attached hydrogen (secondary N) is 1. The Balaban J connectivity index is 1.68. The highest BCUT2D eigenvalue weighted by atomic mass is 32.2. The second-order valence-electron chi connectivity index (χ2n) is 5.69. The van der Waals surface area contributed by atoms with Crippen LogP contribution in [0.2, 0.25) is 0 Å². The van der Waals surface area contributed by atoms with Crippen LogP contribution in [0.15, 0.2) is 71.0 Å². The fourth-order valence-electron chi connectivity index (χ4n) is 2.69. The smallest absolute Gasteiger partial charge is 0.260 e. The Morgan fingerprint density at radius 1 is 1.12 bits per heavy atom. The number of carbonyl (C=O) groups is 2. The molecule has 0 aliphatic carbocycles. The number of amides is 2. The standard InChI is InChI=1S/C19H14N4O2S/c1-23-15-5-4-13(22-17(24)12-6-9-20-10-7-12)11-16(15)26-18-14(19(23)25)3-2-8-21-18/h2-11H,1H3,(H,22,24). The molecule has 4 rings (SSSR count). The number of aromatic nitrogens is 2. The molecule has 0 saturated heterocycles. The van der Waals surface area contributed by atoms with E-state index in [-0.39, 0.29) is 11.8 Å². The van der Waals surface area contributed by atoms with Crippen molar-refractivity contribution in [2.24, 2.45) is 0 Å². The van der Waals surface area contributed by atoms with E-state index in [0.717, 1.165) is 10.6 Å². The SMILES string of the molecule is CN1C(=O)c2cccnc2Sc2cc(NC(=O)c3ccncc3)ccc21. The van der Waals surface area contributed by atoms with Gasteiger partial charge in [0.05, 0.1) is 11.3 Å². The van der Waals surface area contributed by atoms with Gasteiger partial charge in [0.1, 0.15) is 5.03 Å². The van der Waals surface area contributed by atoms with Crippen molar-refractivity contribution in [3.63, 3.8) is 0 Å². The van der Waals surface area contributed by atoms with Crippen molar-refractivity contribution in [3.8, 4) is 0 Å². The van der Waals surface area contributed by atoms with Gasteiger partial charge in [0.25, 0.3) is 11.8 Å². The molecule has 3 heterocycles. The molecule has 0 atom stereocenters. The van der Waals surface area contributed by atoms with Crippen LogP contribution in [-0.4, -0.2) is 28.8 Å². The molecule has 0 radical (unpaired) electrons. The van der Waals surface area contributed by atoms with E-state index in [1.807, 2.05) is 12.1 Å². The van der Waals surface area contributed by atoms with Crippen molar-refractivity contribution < 1.29 is 9.59 Å². The first-order valence-corrected chi connectivity index (χ1v) is 8.71. The Bertz CT molecular complexity index is 1010. The molecule has 1 aliphatic rings. The van der Waals surface area contributed by atoms with Gasteiger partial charge in [-0.05, 0) is 42.5 Å². The fraction of sp³-hybridized carbons (Fsp3) is 0.0526. The van der Waals surface area contributed by atoms with Crippen LogP contribution in [-0.2, 0) is 0 Å². The van der Waals surface area contributed by atoms with Crippen molar-refractivity contribution in [2.45, 2.75) is 9.92 Å². The predicted octanol–water partition coefficient (Wildman–Crippen LogP) is 3.47. The third-order valence-electron chi connectivity index (χ3n) is 4.03. The normalized spacial score (nSPS) is 12.8. The number of anilines is 2. The summed E-state index contributed by atoms with van der Waals surface area (Å²) in [6.07, 6.45) is 4.81. The van der Waals surface area contributed by atoms with Gasteiger partial charge in [0, 0.05) is 41.8 Å². The summed E-state index contributed by atoms with van der Waals surface area (Å²) in [6, 6.07) is 12.3. The number of pyridine rings is 2. The molecule has 0 bridgehead atoms. The summed E-state index contributed by atoms with van der Waals surface area (Å²) >= 11 is 1.41. The van der Waals surface area contributed by atoms with Gasteiger partial charge in [-0.3, -0.25) is 14.6 Å². The molecule has 3 aromatic rings. The molecule has 1 aromatic carbocycles. The Kier molecular flexibility index (Phi) is 4.14. The summed E-state index contributed by atoms with van der Waals surface area (Å²) in [6.45, 7) is 0. The number of rotatable bonds is 2. The number of benzene rings is 1. The van der Waals surface area contributed by atoms with E-state index >= 15 is 0 Å². The van der Waals surface area contributed by atoms with E-state index in [1.165, 1.54) is 11.8 Å². The average Bonchev–Trinajstić information content (AvgIpc) is 2.78. The fourth-order valence-corrected chi connectivity index (χ4v) is 3.77. The van der Waals surface area contributed by atoms with Gasteiger partial charge in [-0.25, -0.2) is 4.98 Å². The molecule has 2 amide bonds. The van der Waals surface area contributed by atoms with Crippen LogP contribution in [0.4, 0.5) is 11.4 Å². The van der Waals surface area contributed by atoms with Gasteiger partial charge in [-0.1, -0.05) is 11.8 Å². The van der Waals surface area contributed by atoms with Gasteiger partial charge < -0.3 is 10.2 Å². The van der Waals surface area contributed by atoms with E-state index in [9.17, 15) is 9.59 Å². The second-order valence-corrected chi connectivity index (χ2v) is 6.73. The Morgan fingerprint density at radius 2 is 1.92 bits per heavy atom. The first-order chi connectivity index (χ1) is 12.6. The number of hydrogen-bond donors (Lipinski definition) is 1. The van der Waals surface area contributed by atoms with Crippen molar-refractivity contribution >= 4 is 35.0 Å². The molecule has 2 aromatic heterocycles. The molecule has 1 N–H and O–H groups in total. The zero-order valence-corrected chi connectivity index (χ0v) is 14.7. The average molecular weight is 362 g/mol. The Morgan fingerprint density at radius 3 is 2.73 bits per heavy atom. The molecule has 7 heteroatoms. The minimum absolute atomic E-state index is 0.104. The van der Waals surface area contributed by atoms with Crippen molar-refractivity contribution in [2.75, 3.05) is 17.3 Å². The lowest BCUT2D eigenvalue weighted by Gasteiger charge is -2.18. The summed E-state index contributed by atoms with van der Waals surface area (Å²) in [5, 5.41) is 3.53. The number of hydrogen-bond acceptors (Lipinski definition) is 5. The van der Waals surface area contributed by atoms with E-state index in [0.29, 0.717) is 21.8 Å². The third kappa shape index (κ3) is 2.93. The zero-order valence-electron chi connectivity index (χ0n) is 13.8. The van der Waals surface area contributed by atoms with Crippen LogP contribution in [0.3, 0.4) is 0 Å². The molecule has 6 nitrogen and oxygen atoms in total.